The van der Waals surface area contributed by atoms with Crippen LogP contribution >= 0.6 is 11.6 Å². The van der Waals surface area contributed by atoms with Gasteiger partial charge in [0, 0.05) is 0 Å². The van der Waals surface area contributed by atoms with Crippen LogP contribution in [0, 0.1) is 6.92 Å². The fraction of sp³-hybridized carbons (Fsp3) is 0.0833. The number of allylic oxidation sites excluding steroid dienone is 1. The zero-order valence-corrected chi connectivity index (χ0v) is 8.71. The van der Waals surface area contributed by atoms with Crippen LogP contribution in [0.4, 0.5) is 0 Å². The fourth-order valence-corrected chi connectivity index (χ4v) is 1.29. The van der Waals surface area contributed by atoms with Gasteiger partial charge in [0.1, 0.15) is 0 Å². The Labute approximate surface area is 88.7 Å². The zero-order valence-electron chi connectivity index (χ0n) is 7.96. The average molecular weight is 207 g/mol. The Morgan fingerprint density at radius 1 is 1.43 bits per heavy atom. The summed E-state index contributed by atoms with van der Waals surface area (Å²) in [6.45, 7) is 5.69. The molecule has 0 amide bonds. The van der Waals surface area contributed by atoms with Crippen molar-refractivity contribution in [1.29, 1.82) is 0 Å². The second-order valence-electron chi connectivity index (χ2n) is 2.90. The highest BCUT2D eigenvalue weighted by Gasteiger charge is 1.98. The Hall–Kier alpha value is -1.34. The van der Waals surface area contributed by atoms with Crippen LogP contribution in [0.3, 0.4) is 0 Å². The molecule has 0 saturated carbocycles. The Bertz CT molecular complexity index is 391. The molecule has 0 fully saturated rings. The molecule has 0 unspecified atom stereocenters. The van der Waals surface area contributed by atoms with Crippen molar-refractivity contribution in [2.24, 2.45) is 0 Å². The van der Waals surface area contributed by atoms with Crippen molar-refractivity contribution < 1.29 is 4.79 Å². The second kappa shape index (κ2) is 4.77. The molecule has 14 heavy (non-hydrogen) atoms. The monoisotopic (exact) mass is 206 g/mol. The molecule has 0 bridgehead atoms. The SMILES string of the molecule is C=Cc1cccc(/C=C/C(=O)Cl)c1C. The lowest BCUT2D eigenvalue weighted by molar-refractivity contribution is -0.107. The van der Waals surface area contributed by atoms with E-state index >= 15 is 0 Å². The van der Waals surface area contributed by atoms with Gasteiger partial charge in [-0.3, -0.25) is 4.79 Å². The van der Waals surface area contributed by atoms with E-state index < -0.39 is 5.24 Å². The number of carbonyl (C=O) groups excluding carboxylic acids is 1. The van der Waals surface area contributed by atoms with Gasteiger partial charge in [0.25, 0.3) is 0 Å². The Morgan fingerprint density at radius 3 is 2.64 bits per heavy atom. The van der Waals surface area contributed by atoms with E-state index in [1.807, 2.05) is 25.1 Å². The third kappa shape index (κ3) is 2.57. The van der Waals surface area contributed by atoms with Gasteiger partial charge in [-0.1, -0.05) is 30.9 Å². The van der Waals surface area contributed by atoms with E-state index in [2.05, 4.69) is 6.58 Å². The van der Waals surface area contributed by atoms with Crippen LogP contribution in [0.25, 0.3) is 12.2 Å². The predicted octanol–water partition coefficient (Wildman–Crippen LogP) is 3.42. The number of carbonyl (C=O) groups is 1. The average Bonchev–Trinajstić information content (AvgIpc) is 2.16. The van der Waals surface area contributed by atoms with Crippen LogP contribution in [-0.4, -0.2) is 5.24 Å². The largest absolute Gasteiger partial charge is 0.276 e. The molecular formula is C12H11ClO. The summed E-state index contributed by atoms with van der Waals surface area (Å²) in [7, 11) is 0. The molecule has 0 radical (unpaired) electrons. The third-order valence-electron chi connectivity index (χ3n) is 2.03. The van der Waals surface area contributed by atoms with Crippen LogP contribution in [0.15, 0.2) is 30.9 Å². The molecule has 1 nitrogen and oxygen atoms in total. The number of benzene rings is 1. The molecular weight excluding hydrogens is 196 g/mol. The molecule has 0 aliphatic carbocycles. The summed E-state index contributed by atoms with van der Waals surface area (Å²) in [5.41, 5.74) is 3.14. The highest BCUT2D eigenvalue weighted by atomic mass is 35.5. The third-order valence-corrected chi connectivity index (χ3v) is 2.16. The molecule has 1 aromatic carbocycles. The Kier molecular flexibility index (Phi) is 3.66. The van der Waals surface area contributed by atoms with E-state index in [0.29, 0.717) is 0 Å². The molecule has 0 heterocycles. The quantitative estimate of drug-likeness (QED) is 0.547. The minimum atomic E-state index is -0.464. The summed E-state index contributed by atoms with van der Waals surface area (Å²) in [5, 5.41) is -0.464. The van der Waals surface area contributed by atoms with Gasteiger partial charge in [0.15, 0.2) is 0 Å². The minimum Gasteiger partial charge on any atom is -0.276 e. The lowest BCUT2D eigenvalue weighted by atomic mass is 10.0. The van der Waals surface area contributed by atoms with E-state index in [1.165, 1.54) is 6.08 Å². The van der Waals surface area contributed by atoms with E-state index in [9.17, 15) is 4.79 Å². The van der Waals surface area contributed by atoms with E-state index in [1.54, 1.807) is 12.2 Å². The van der Waals surface area contributed by atoms with Crippen LogP contribution in [0.5, 0.6) is 0 Å². The lowest BCUT2D eigenvalue weighted by Crippen LogP contribution is -1.85. The van der Waals surface area contributed by atoms with Crippen LogP contribution in [0.2, 0.25) is 0 Å². The van der Waals surface area contributed by atoms with Gasteiger partial charge in [-0.25, -0.2) is 0 Å². The lowest BCUT2D eigenvalue weighted by Gasteiger charge is -2.03. The van der Waals surface area contributed by atoms with Crippen molar-refractivity contribution in [3.05, 3.63) is 47.5 Å². The molecule has 0 aromatic heterocycles. The van der Waals surface area contributed by atoms with Gasteiger partial charge < -0.3 is 0 Å². The van der Waals surface area contributed by atoms with Gasteiger partial charge in [0.05, 0.1) is 0 Å². The Morgan fingerprint density at radius 2 is 2.07 bits per heavy atom. The number of rotatable bonds is 3. The van der Waals surface area contributed by atoms with Crippen molar-refractivity contribution >= 4 is 29.0 Å². The highest BCUT2D eigenvalue weighted by Crippen LogP contribution is 2.16. The van der Waals surface area contributed by atoms with Crippen LogP contribution < -0.4 is 0 Å². The standard InChI is InChI=1S/C12H11ClO/c1-3-10-5-4-6-11(9(10)2)7-8-12(13)14/h3-8H,1H2,2H3/b8-7+. The predicted molar refractivity (Wildman–Crippen MR) is 61.2 cm³/mol. The van der Waals surface area contributed by atoms with Crippen LogP contribution in [-0.2, 0) is 4.79 Å². The summed E-state index contributed by atoms with van der Waals surface area (Å²) in [6, 6.07) is 5.82. The maximum absolute atomic E-state index is 10.5. The molecule has 0 aliphatic rings. The summed E-state index contributed by atoms with van der Waals surface area (Å²) in [6.07, 6.45) is 4.84. The van der Waals surface area contributed by atoms with Crippen molar-refractivity contribution in [3.8, 4) is 0 Å². The zero-order chi connectivity index (χ0) is 10.6. The molecule has 2 heteroatoms. The summed E-state index contributed by atoms with van der Waals surface area (Å²) in [4.78, 5) is 10.5. The molecule has 1 aromatic rings. The van der Waals surface area contributed by atoms with Gasteiger partial charge in [-0.15, -0.1) is 0 Å². The first-order valence-corrected chi connectivity index (χ1v) is 4.62. The van der Waals surface area contributed by atoms with E-state index in [4.69, 9.17) is 11.6 Å². The van der Waals surface area contributed by atoms with Crippen molar-refractivity contribution in [2.45, 2.75) is 6.92 Å². The fourth-order valence-electron chi connectivity index (χ4n) is 1.23. The van der Waals surface area contributed by atoms with Gasteiger partial charge in [0.2, 0.25) is 5.24 Å². The molecule has 1 rings (SSSR count). The maximum atomic E-state index is 10.5. The molecule has 0 spiro atoms. The normalized spacial score (nSPS) is 10.4. The molecule has 72 valence electrons. The number of hydrogen-bond acceptors (Lipinski definition) is 1. The topological polar surface area (TPSA) is 17.1 Å². The van der Waals surface area contributed by atoms with E-state index in [-0.39, 0.29) is 0 Å². The summed E-state index contributed by atoms with van der Waals surface area (Å²) in [5.74, 6) is 0. The first-order valence-electron chi connectivity index (χ1n) is 4.24. The molecule has 0 N–H and O–H groups in total. The smallest absolute Gasteiger partial charge is 0.245 e. The van der Waals surface area contributed by atoms with Crippen molar-refractivity contribution in [1.82, 2.24) is 0 Å². The van der Waals surface area contributed by atoms with Gasteiger partial charge >= 0.3 is 0 Å². The number of halogens is 1. The first-order chi connectivity index (χ1) is 6.65. The summed E-state index contributed by atoms with van der Waals surface area (Å²) < 4.78 is 0. The number of hydrogen-bond donors (Lipinski definition) is 0. The highest BCUT2D eigenvalue weighted by molar-refractivity contribution is 6.66. The Balaban J connectivity index is 3.09. The molecule has 0 atom stereocenters. The van der Waals surface area contributed by atoms with E-state index in [0.717, 1.165) is 16.7 Å². The summed E-state index contributed by atoms with van der Waals surface area (Å²) >= 11 is 5.21. The van der Waals surface area contributed by atoms with Gasteiger partial charge in [-0.05, 0) is 47.4 Å². The second-order valence-corrected chi connectivity index (χ2v) is 3.28. The van der Waals surface area contributed by atoms with Crippen LogP contribution in [0.1, 0.15) is 16.7 Å². The minimum absolute atomic E-state index is 0.464. The first kappa shape index (κ1) is 10.7. The van der Waals surface area contributed by atoms with Crippen molar-refractivity contribution in [2.75, 3.05) is 0 Å². The maximum Gasteiger partial charge on any atom is 0.245 e. The van der Waals surface area contributed by atoms with Gasteiger partial charge in [-0.2, -0.15) is 0 Å². The molecule has 0 saturated heterocycles. The molecule has 0 aliphatic heterocycles. The van der Waals surface area contributed by atoms with Crippen molar-refractivity contribution in [3.63, 3.8) is 0 Å².